The second kappa shape index (κ2) is 9.76. The van der Waals surface area contributed by atoms with Gasteiger partial charge in [-0.05, 0) is 12.8 Å². The van der Waals surface area contributed by atoms with Crippen molar-refractivity contribution < 1.29 is 9.59 Å². The van der Waals surface area contributed by atoms with Crippen LogP contribution in [0.2, 0.25) is 0 Å². The first kappa shape index (κ1) is 15.9. The minimum absolute atomic E-state index is 0.0582. The second-order valence-electron chi connectivity index (χ2n) is 5.31. The van der Waals surface area contributed by atoms with Crippen LogP contribution < -0.4 is 0 Å². The number of carbonyl (C=O) groups is 2. The Labute approximate surface area is 117 Å². The van der Waals surface area contributed by atoms with E-state index in [9.17, 15) is 9.59 Å². The van der Waals surface area contributed by atoms with Gasteiger partial charge in [0.2, 0.25) is 11.8 Å². The van der Waals surface area contributed by atoms with E-state index in [2.05, 4.69) is 6.92 Å². The zero-order chi connectivity index (χ0) is 13.9. The highest BCUT2D eigenvalue weighted by Gasteiger charge is 2.26. The van der Waals surface area contributed by atoms with Gasteiger partial charge in [0.05, 0.1) is 0 Å². The number of hydrogen-bond acceptors (Lipinski definition) is 2. The molecule has 0 aliphatic carbocycles. The van der Waals surface area contributed by atoms with Gasteiger partial charge < -0.3 is 0 Å². The summed E-state index contributed by atoms with van der Waals surface area (Å²) in [7, 11) is 0. The first-order chi connectivity index (χ1) is 9.25. The van der Waals surface area contributed by atoms with E-state index in [1.54, 1.807) is 6.20 Å². The molecule has 0 radical (unpaired) electrons. The van der Waals surface area contributed by atoms with E-state index in [0.717, 1.165) is 12.8 Å². The smallest absolute Gasteiger partial charge is 0.233 e. The van der Waals surface area contributed by atoms with Gasteiger partial charge in [0.25, 0.3) is 0 Å². The number of rotatable bonds is 10. The largest absolute Gasteiger partial charge is 0.274 e. The zero-order valence-electron chi connectivity index (χ0n) is 12.2. The van der Waals surface area contributed by atoms with Gasteiger partial charge in [0, 0.05) is 19.0 Å². The van der Waals surface area contributed by atoms with Gasteiger partial charge in [-0.2, -0.15) is 0 Å². The van der Waals surface area contributed by atoms with Gasteiger partial charge in [0.1, 0.15) is 0 Å². The highest BCUT2D eigenvalue weighted by molar-refractivity contribution is 6.02. The van der Waals surface area contributed by atoms with E-state index in [1.165, 1.54) is 49.8 Å². The lowest BCUT2D eigenvalue weighted by Crippen LogP contribution is -2.22. The molecule has 1 aliphatic rings. The topological polar surface area (TPSA) is 37.4 Å². The molecule has 0 spiro atoms. The van der Waals surface area contributed by atoms with Gasteiger partial charge in [-0.3, -0.25) is 14.5 Å². The summed E-state index contributed by atoms with van der Waals surface area (Å²) in [6, 6.07) is 0. The summed E-state index contributed by atoms with van der Waals surface area (Å²) in [5.41, 5.74) is 0. The molecular weight excluding hydrogens is 238 g/mol. The predicted octanol–water partition coefficient (Wildman–Crippen LogP) is 4.18. The number of carbonyl (C=O) groups excluding carboxylic acids is 2. The minimum atomic E-state index is -0.0582. The van der Waals surface area contributed by atoms with Crippen molar-refractivity contribution in [2.75, 3.05) is 0 Å². The molecule has 1 saturated heterocycles. The van der Waals surface area contributed by atoms with E-state index in [4.69, 9.17) is 0 Å². The van der Waals surface area contributed by atoms with Crippen molar-refractivity contribution in [3.8, 4) is 0 Å². The summed E-state index contributed by atoms with van der Waals surface area (Å²) in [5.74, 6) is -0.116. The van der Waals surface area contributed by atoms with Crippen molar-refractivity contribution in [1.82, 2.24) is 4.90 Å². The van der Waals surface area contributed by atoms with Crippen LogP contribution in [0.5, 0.6) is 0 Å². The number of unbranched alkanes of at least 4 members (excludes halogenated alkanes) is 8. The van der Waals surface area contributed by atoms with Crippen molar-refractivity contribution in [3.63, 3.8) is 0 Å². The lowest BCUT2D eigenvalue weighted by Gasteiger charge is -2.06. The maximum atomic E-state index is 11.3. The minimum Gasteiger partial charge on any atom is -0.274 e. The van der Waals surface area contributed by atoms with E-state index >= 15 is 0 Å². The Balaban J connectivity index is 1.96. The van der Waals surface area contributed by atoms with Crippen LogP contribution in [0, 0.1) is 0 Å². The second-order valence-corrected chi connectivity index (χ2v) is 5.31. The molecule has 108 valence electrons. The quantitative estimate of drug-likeness (QED) is 0.439. The SMILES string of the molecule is CCCCCCCCCC/C=C/N1C(=O)CCC1=O. The van der Waals surface area contributed by atoms with Crippen molar-refractivity contribution in [2.24, 2.45) is 0 Å². The highest BCUT2D eigenvalue weighted by atomic mass is 16.2. The van der Waals surface area contributed by atoms with E-state index in [0.29, 0.717) is 12.8 Å². The molecule has 19 heavy (non-hydrogen) atoms. The van der Waals surface area contributed by atoms with Gasteiger partial charge in [0.15, 0.2) is 0 Å². The normalized spacial score (nSPS) is 15.9. The molecule has 1 heterocycles. The first-order valence-electron chi connectivity index (χ1n) is 7.77. The van der Waals surface area contributed by atoms with Crippen LogP contribution >= 0.6 is 0 Å². The highest BCUT2D eigenvalue weighted by Crippen LogP contribution is 2.13. The molecule has 1 fully saturated rings. The molecule has 0 saturated carbocycles. The Morgan fingerprint density at radius 3 is 2.00 bits per heavy atom. The third kappa shape index (κ3) is 6.55. The molecular formula is C16H27NO2. The maximum absolute atomic E-state index is 11.3. The van der Waals surface area contributed by atoms with Gasteiger partial charge in [-0.1, -0.05) is 57.9 Å². The summed E-state index contributed by atoms with van der Waals surface area (Å²) in [4.78, 5) is 23.9. The fourth-order valence-corrected chi connectivity index (χ4v) is 2.34. The molecule has 0 aromatic heterocycles. The van der Waals surface area contributed by atoms with Crippen LogP contribution in [0.25, 0.3) is 0 Å². The lowest BCUT2D eigenvalue weighted by molar-refractivity contribution is -0.135. The number of likely N-dealkylation sites (tertiary alicyclic amines) is 1. The van der Waals surface area contributed by atoms with Crippen LogP contribution in [0.15, 0.2) is 12.3 Å². The Kier molecular flexibility index (Phi) is 8.19. The van der Waals surface area contributed by atoms with Crippen molar-refractivity contribution >= 4 is 11.8 Å². The van der Waals surface area contributed by atoms with E-state index in [-0.39, 0.29) is 11.8 Å². The van der Waals surface area contributed by atoms with Gasteiger partial charge >= 0.3 is 0 Å². The number of hydrogen-bond donors (Lipinski definition) is 0. The third-order valence-electron chi connectivity index (χ3n) is 3.57. The summed E-state index contributed by atoms with van der Waals surface area (Å²) >= 11 is 0. The van der Waals surface area contributed by atoms with Gasteiger partial charge in [-0.25, -0.2) is 0 Å². The van der Waals surface area contributed by atoms with Crippen LogP contribution in [-0.4, -0.2) is 16.7 Å². The number of imide groups is 1. The molecule has 3 heteroatoms. The fraction of sp³-hybridized carbons (Fsp3) is 0.750. The standard InChI is InChI=1S/C16H27NO2/c1-2-3-4-5-6-7-8-9-10-11-14-17-15(18)12-13-16(17)19/h11,14H,2-10,12-13H2,1H3/b14-11+. The van der Waals surface area contributed by atoms with Gasteiger partial charge in [-0.15, -0.1) is 0 Å². The van der Waals surface area contributed by atoms with Crippen LogP contribution in [0.1, 0.15) is 77.6 Å². The Morgan fingerprint density at radius 1 is 0.895 bits per heavy atom. The molecule has 0 unspecified atom stereocenters. The molecule has 0 bridgehead atoms. The summed E-state index contributed by atoms with van der Waals surface area (Å²) in [5, 5.41) is 0. The maximum Gasteiger partial charge on any atom is 0.233 e. The van der Waals surface area contributed by atoms with Crippen LogP contribution in [0.4, 0.5) is 0 Å². The first-order valence-corrected chi connectivity index (χ1v) is 7.77. The monoisotopic (exact) mass is 265 g/mol. The molecule has 3 nitrogen and oxygen atoms in total. The average molecular weight is 265 g/mol. The van der Waals surface area contributed by atoms with E-state index in [1.807, 2.05) is 6.08 Å². The van der Waals surface area contributed by atoms with Crippen molar-refractivity contribution in [2.45, 2.75) is 77.6 Å². The Hall–Kier alpha value is -1.12. The fourth-order valence-electron chi connectivity index (χ4n) is 2.34. The average Bonchev–Trinajstić information content (AvgIpc) is 2.72. The summed E-state index contributed by atoms with van der Waals surface area (Å²) < 4.78 is 0. The molecule has 0 atom stereocenters. The summed E-state index contributed by atoms with van der Waals surface area (Å²) in [6.07, 6.45) is 15.8. The lowest BCUT2D eigenvalue weighted by atomic mass is 10.1. The molecule has 0 aromatic carbocycles. The van der Waals surface area contributed by atoms with E-state index < -0.39 is 0 Å². The predicted molar refractivity (Wildman–Crippen MR) is 77.5 cm³/mol. The summed E-state index contributed by atoms with van der Waals surface area (Å²) in [6.45, 7) is 2.24. The number of nitrogens with zero attached hydrogens (tertiary/aromatic N) is 1. The molecule has 1 aliphatic heterocycles. The molecule has 0 aromatic rings. The third-order valence-corrected chi connectivity index (χ3v) is 3.57. The number of amides is 2. The van der Waals surface area contributed by atoms with Crippen LogP contribution in [0.3, 0.4) is 0 Å². The van der Waals surface area contributed by atoms with Crippen molar-refractivity contribution in [1.29, 1.82) is 0 Å². The molecule has 1 rings (SSSR count). The number of allylic oxidation sites excluding steroid dienone is 1. The zero-order valence-corrected chi connectivity index (χ0v) is 12.2. The Morgan fingerprint density at radius 2 is 1.42 bits per heavy atom. The van der Waals surface area contributed by atoms with Crippen molar-refractivity contribution in [3.05, 3.63) is 12.3 Å². The Bertz CT molecular complexity index is 294. The molecule has 0 N–H and O–H groups in total. The van der Waals surface area contributed by atoms with Crippen LogP contribution in [-0.2, 0) is 9.59 Å². The molecule has 2 amide bonds.